The molecule has 2 atom stereocenters. The standard InChI is InChI=1S/C14H18N2O4S/c1-8-7-15-21-13(8)14(17)16-9-5-10(18-2)12(20-4)11(6-9)19-3/h5-8,13H,1-4H3,(H,16,17). The highest BCUT2D eigenvalue weighted by molar-refractivity contribution is 7.99. The van der Waals surface area contributed by atoms with Crippen LogP contribution in [0, 0.1) is 5.92 Å². The fraction of sp³-hybridized carbons (Fsp3) is 0.429. The Morgan fingerprint density at radius 1 is 1.19 bits per heavy atom. The molecular weight excluding hydrogens is 292 g/mol. The molecule has 1 aromatic carbocycles. The number of nitrogens with zero attached hydrogens (tertiary/aromatic N) is 1. The summed E-state index contributed by atoms with van der Waals surface area (Å²) in [6.07, 6.45) is 1.78. The molecule has 0 aliphatic carbocycles. The third-order valence-electron chi connectivity index (χ3n) is 3.14. The first kappa shape index (κ1) is 15.5. The van der Waals surface area contributed by atoms with Crippen molar-refractivity contribution in [2.75, 3.05) is 26.6 Å². The van der Waals surface area contributed by atoms with Gasteiger partial charge in [-0.25, -0.2) is 4.40 Å². The van der Waals surface area contributed by atoms with E-state index in [-0.39, 0.29) is 17.1 Å². The van der Waals surface area contributed by atoms with Crippen molar-refractivity contribution < 1.29 is 19.0 Å². The minimum atomic E-state index is -0.218. The zero-order valence-electron chi connectivity index (χ0n) is 12.4. The van der Waals surface area contributed by atoms with Crippen molar-refractivity contribution in [2.24, 2.45) is 10.3 Å². The first-order valence-electron chi connectivity index (χ1n) is 6.41. The number of rotatable bonds is 5. The summed E-state index contributed by atoms with van der Waals surface area (Å²) in [6.45, 7) is 1.96. The van der Waals surface area contributed by atoms with Crippen molar-refractivity contribution in [3.05, 3.63) is 12.1 Å². The van der Waals surface area contributed by atoms with Crippen LogP contribution in [0.25, 0.3) is 0 Å². The van der Waals surface area contributed by atoms with Gasteiger partial charge in [0.05, 0.1) is 21.3 Å². The van der Waals surface area contributed by atoms with E-state index in [9.17, 15) is 4.79 Å². The number of carbonyl (C=O) groups excluding carboxylic acids is 1. The second-order valence-corrected chi connectivity index (χ2v) is 5.47. The van der Waals surface area contributed by atoms with Gasteiger partial charge in [-0.1, -0.05) is 6.92 Å². The van der Waals surface area contributed by atoms with Gasteiger partial charge in [-0.05, 0) is 11.9 Å². The largest absolute Gasteiger partial charge is 0.493 e. The van der Waals surface area contributed by atoms with Gasteiger partial charge >= 0.3 is 0 Å². The summed E-state index contributed by atoms with van der Waals surface area (Å²) in [6, 6.07) is 3.40. The van der Waals surface area contributed by atoms with E-state index in [1.54, 1.807) is 18.3 Å². The molecule has 1 aliphatic heterocycles. The maximum Gasteiger partial charge on any atom is 0.240 e. The van der Waals surface area contributed by atoms with Crippen LogP contribution in [-0.2, 0) is 4.79 Å². The molecule has 1 heterocycles. The number of anilines is 1. The molecule has 0 bridgehead atoms. The van der Waals surface area contributed by atoms with Crippen LogP contribution in [0.5, 0.6) is 17.2 Å². The van der Waals surface area contributed by atoms with Crippen LogP contribution in [-0.4, -0.2) is 38.7 Å². The maximum atomic E-state index is 12.3. The molecule has 0 radical (unpaired) electrons. The summed E-state index contributed by atoms with van der Waals surface area (Å²) in [4.78, 5) is 12.3. The highest BCUT2D eigenvalue weighted by Gasteiger charge is 2.29. The second-order valence-electron chi connectivity index (χ2n) is 4.54. The van der Waals surface area contributed by atoms with Gasteiger partial charge in [-0.3, -0.25) is 4.79 Å². The fourth-order valence-corrected chi connectivity index (χ4v) is 2.83. The number of hydrogen-bond donors (Lipinski definition) is 1. The molecule has 1 amide bonds. The zero-order chi connectivity index (χ0) is 15.4. The van der Waals surface area contributed by atoms with Crippen molar-refractivity contribution in [3.8, 4) is 17.2 Å². The lowest BCUT2D eigenvalue weighted by Crippen LogP contribution is -2.28. The normalized spacial score (nSPS) is 20.2. The van der Waals surface area contributed by atoms with Gasteiger partial charge in [0.2, 0.25) is 11.7 Å². The number of methoxy groups -OCH3 is 3. The average molecular weight is 310 g/mol. The van der Waals surface area contributed by atoms with E-state index in [4.69, 9.17) is 14.2 Å². The molecular formula is C14H18N2O4S. The molecule has 0 spiro atoms. The summed E-state index contributed by atoms with van der Waals surface area (Å²) in [5.41, 5.74) is 0.592. The number of hydrogen-bond acceptors (Lipinski definition) is 6. The topological polar surface area (TPSA) is 69.2 Å². The number of carbonyl (C=O) groups is 1. The SMILES string of the molecule is COc1cc(NC(=O)C2SN=CC2C)cc(OC)c1OC. The van der Waals surface area contributed by atoms with E-state index < -0.39 is 0 Å². The summed E-state index contributed by atoms with van der Waals surface area (Å²) in [7, 11) is 4.60. The van der Waals surface area contributed by atoms with Gasteiger partial charge in [0.15, 0.2) is 11.5 Å². The Morgan fingerprint density at radius 3 is 2.24 bits per heavy atom. The Bertz CT molecular complexity index is 537. The van der Waals surface area contributed by atoms with Gasteiger partial charge in [0.1, 0.15) is 5.25 Å². The Morgan fingerprint density at radius 2 is 1.81 bits per heavy atom. The minimum absolute atomic E-state index is 0.0979. The molecule has 7 heteroatoms. The van der Waals surface area contributed by atoms with Gasteiger partial charge < -0.3 is 19.5 Å². The molecule has 0 aromatic heterocycles. The lowest BCUT2D eigenvalue weighted by molar-refractivity contribution is -0.116. The van der Waals surface area contributed by atoms with Crippen molar-refractivity contribution in [1.29, 1.82) is 0 Å². The van der Waals surface area contributed by atoms with Crippen molar-refractivity contribution in [2.45, 2.75) is 12.2 Å². The first-order chi connectivity index (χ1) is 10.1. The van der Waals surface area contributed by atoms with E-state index in [2.05, 4.69) is 9.71 Å². The van der Waals surface area contributed by atoms with Gasteiger partial charge in [0, 0.05) is 30.0 Å². The molecule has 114 valence electrons. The van der Waals surface area contributed by atoms with Crippen LogP contribution < -0.4 is 19.5 Å². The highest BCUT2D eigenvalue weighted by Crippen LogP contribution is 2.40. The zero-order valence-corrected chi connectivity index (χ0v) is 13.2. The number of benzene rings is 1. The Hall–Kier alpha value is -1.89. The predicted octanol–water partition coefficient (Wildman–Crippen LogP) is 2.39. The van der Waals surface area contributed by atoms with Crippen LogP contribution >= 0.6 is 11.9 Å². The van der Waals surface area contributed by atoms with E-state index in [0.717, 1.165) is 0 Å². The van der Waals surface area contributed by atoms with Crippen molar-refractivity contribution >= 4 is 29.8 Å². The number of nitrogens with one attached hydrogen (secondary N) is 1. The summed E-state index contributed by atoms with van der Waals surface area (Å²) < 4.78 is 19.8. The average Bonchev–Trinajstić information content (AvgIpc) is 2.92. The first-order valence-corrected chi connectivity index (χ1v) is 7.24. The lowest BCUT2D eigenvalue weighted by atomic mass is 10.1. The van der Waals surface area contributed by atoms with Gasteiger partial charge in [0.25, 0.3) is 0 Å². The molecule has 0 saturated carbocycles. The molecule has 2 unspecified atom stereocenters. The highest BCUT2D eigenvalue weighted by atomic mass is 32.2. The minimum Gasteiger partial charge on any atom is -0.493 e. The maximum absolute atomic E-state index is 12.3. The Labute approximate surface area is 128 Å². The van der Waals surface area contributed by atoms with E-state index in [1.807, 2.05) is 6.92 Å². The Balaban J connectivity index is 2.22. The summed E-state index contributed by atoms with van der Waals surface area (Å²) >= 11 is 1.28. The lowest BCUT2D eigenvalue weighted by Gasteiger charge is -2.16. The molecule has 21 heavy (non-hydrogen) atoms. The van der Waals surface area contributed by atoms with Gasteiger partial charge in [-0.15, -0.1) is 0 Å². The number of ether oxygens (including phenoxy) is 3. The molecule has 1 aliphatic rings. The third-order valence-corrected chi connectivity index (χ3v) is 4.25. The smallest absolute Gasteiger partial charge is 0.240 e. The number of amides is 1. The van der Waals surface area contributed by atoms with Crippen LogP contribution in [0.2, 0.25) is 0 Å². The van der Waals surface area contributed by atoms with E-state index >= 15 is 0 Å². The molecule has 6 nitrogen and oxygen atoms in total. The van der Waals surface area contributed by atoms with Crippen LogP contribution in [0.3, 0.4) is 0 Å². The van der Waals surface area contributed by atoms with E-state index in [1.165, 1.54) is 33.3 Å². The predicted molar refractivity (Wildman–Crippen MR) is 83.8 cm³/mol. The monoisotopic (exact) mass is 310 g/mol. The van der Waals surface area contributed by atoms with Crippen LogP contribution in [0.1, 0.15) is 6.92 Å². The molecule has 0 fully saturated rings. The molecule has 1 aromatic rings. The fourth-order valence-electron chi connectivity index (χ4n) is 2.02. The quantitative estimate of drug-likeness (QED) is 0.846. The second kappa shape index (κ2) is 6.71. The van der Waals surface area contributed by atoms with Gasteiger partial charge in [-0.2, -0.15) is 0 Å². The molecule has 2 rings (SSSR count). The third kappa shape index (κ3) is 3.24. The van der Waals surface area contributed by atoms with Crippen molar-refractivity contribution in [1.82, 2.24) is 0 Å². The van der Waals surface area contributed by atoms with E-state index in [0.29, 0.717) is 22.9 Å². The molecule has 1 N–H and O–H groups in total. The molecule has 0 saturated heterocycles. The van der Waals surface area contributed by atoms with Crippen LogP contribution in [0.4, 0.5) is 5.69 Å². The van der Waals surface area contributed by atoms with Crippen LogP contribution in [0.15, 0.2) is 16.5 Å². The summed E-state index contributed by atoms with van der Waals surface area (Å²) in [5, 5.41) is 2.64. The Kier molecular flexibility index (Phi) is 4.95. The van der Waals surface area contributed by atoms with Crippen molar-refractivity contribution in [3.63, 3.8) is 0 Å². The summed E-state index contributed by atoms with van der Waals surface area (Å²) in [5.74, 6) is 1.49.